The molecular formula is C12H8N2O2. The number of ketones is 1. The van der Waals surface area contributed by atoms with Crippen molar-refractivity contribution in [1.29, 1.82) is 5.26 Å². The van der Waals surface area contributed by atoms with Crippen LogP contribution in [0, 0.1) is 11.3 Å². The van der Waals surface area contributed by atoms with Gasteiger partial charge >= 0.3 is 0 Å². The Kier molecular flexibility index (Phi) is 1.74. The number of carbonyl (C=O) groups is 1. The van der Waals surface area contributed by atoms with E-state index in [1.54, 1.807) is 6.20 Å². The summed E-state index contributed by atoms with van der Waals surface area (Å²) in [4.78, 5) is 14.7. The zero-order valence-corrected chi connectivity index (χ0v) is 8.36. The van der Waals surface area contributed by atoms with Gasteiger partial charge in [0.2, 0.25) is 0 Å². The van der Waals surface area contributed by atoms with E-state index in [2.05, 4.69) is 4.98 Å². The molecule has 3 rings (SSSR count). The number of carbonyl (C=O) groups excluding carboxylic acids is 1. The number of hydrogen-bond donors (Lipinski definition) is 1. The summed E-state index contributed by atoms with van der Waals surface area (Å²) in [6.07, 6.45) is 1.72. The Morgan fingerprint density at radius 2 is 2.38 bits per heavy atom. The van der Waals surface area contributed by atoms with Crippen LogP contribution in [0.15, 0.2) is 24.4 Å². The molecule has 1 aromatic carbocycles. The number of hydrogen-bond acceptors (Lipinski definition) is 3. The van der Waals surface area contributed by atoms with E-state index in [9.17, 15) is 4.79 Å². The Morgan fingerprint density at radius 1 is 1.50 bits per heavy atom. The topological polar surface area (TPSA) is 65.9 Å². The van der Waals surface area contributed by atoms with Gasteiger partial charge in [-0.25, -0.2) is 0 Å². The summed E-state index contributed by atoms with van der Waals surface area (Å²) in [7, 11) is 0. The van der Waals surface area contributed by atoms with Gasteiger partial charge < -0.3 is 9.72 Å². The molecule has 0 saturated carbocycles. The largest absolute Gasteiger partial charge is 0.485 e. The molecule has 0 amide bonds. The number of benzene rings is 1. The fourth-order valence-electron chi connectivity index (χ4n) is 2.07. The van der Waals surface area contributed by atoms with E-state index in [-0.39, 0.29) is 12.4 Å². The molecule has 0 radical (unpaired) electrons. The summed E-state index contributed by atoms with van der Waals surface area (Å²) in [5.74, 6) is -0.253. The van der Waals surface area contributed by atoms with Gasteiger partial charge in [0, 0.05) is 22.7 Å². The van der Waals surface area contributed by atoms with Crippen molar-refractivity contribution in [3.8, 4) is 11.8 Å². The summed E-state index contributed by atoms with van der Waals surface area (Å²) in [6, 6.07) is 7.60. The zero-order chi connectivity index (χ0) is 11.1. The molecule has 1 atom stereocenters. The standard InChI is InChI=1S/C12H8N2O2/c13-4-7-8-5-14-9-2-1-3-11(12(8)9)16-6-10(7)15/h1-3,5,7,14H,6H2. The normalized spacial score (nSPS) is 18.9. The Hall–Kier alpha value is -2.28. The molecule has 0 aliphatic carbocycles. The molecule has 0 saturated heterocycles. The van der Waals surface area contributed by atoms with E-state index in [1.165, 1.54) is 0 Å². The van der Waals surface area contributed by atoms with Crippen LogP contribution in [0.4, 0.5) is 0 Å². The zero-order valence-electron chi connectivity index (χ0n) is 8.36. The monoisotopic (exact) mass is 212 g/mol. The second-order valence-electron chi connectivity index (χ2n) is 3.74. The highest BCUT2D eigenvalue weighted by Crippen LogP contribution is 2.35. The Bertz CT molecular complexity index is 621. The number of aromatic nitrogens is 1. The number of rotatable bonds is 0. The number of Topliss-reactive ketones (excluding diaryl/α,β-unsaturated/α-hetero) is 1. The molecule has 1 aromatic heterocycles. The van der Waals surface area contributed by atoms with Gasteiger partial charge in [-0.2, -0.15) is 5.26 Å². The van der Waals surface area contributed by atoms with Crippen molar-refractivity contribution in [3.63, 3.8) is 0 Å². The highest BCUT2D eigenvalue weighted by atomic mass is 16.5. The first kappa shape index (κ1) is 8.98. The van der Waals surface area contributed by atoms with E-state index in [1.807, 2.05) is 24.3 Å². The van der Waals surface area contributed by atoms with Crippen LogP contribution in [0.25, 0.3) is 10.9 Å². The Labute approximate surface area is 91.4 Å². The molecule has 1 unspecified atom stereocenters. The second kappa shape index (κ2) is 3.11. The lowest BCUT2D eigenvalue weighted by Gasteiger charge is -2.02. The predicted octanol–water partition coefficient (Wildman–Crippen LogP) is 1.74. The molecule has 0 spiro atoms. The third-order valence-corrected chi connectivity index (χ3v) is 2.83. The molecule has 1 N–H and O–H groups in total. The molecule has 4 heteroatoms. The lowest BCUT2D eigenvalue weighted by molar-refractivity contribution is -0.121. The number of aromatic amines is 1. The SMILES string of the molecule is N#CC1C(=O)COc2cccc3[nH]cc1c23. The maximum Gasteiger partial charge on any atom is 0.191 e. The van der Waals surface area contributed by atoms with Crippen molar-refractivity contribution < 1.29 is 9.53 Å². The maximum absolute atomic E-state index is 11.7. The minimum atomic E-state index is -0.725. The minimum absolute atomic E-state index is 0.0357. The summed E-state index contributed by atoms with van der Waals surface area (Å²) < 4.78 is 5.40. The van der Waals surface area contributed by atoms with Gasteiger partial charge in [-0.05, 0) is 12.1 Å². The highest BCUT2D eigenvalue weighted by Gasteiger charge is 2.28. The molecule has 1 aliphatic heterocycles. The number of ether oxygens (including phenoxy) is 1. The van der Waals surface area contributed by atoms with Crippen LogP contribution in [0.5, 0.6) is 5.75 Å². The van der Waals surface area contributed by atoms with E-state index < -0.39 is 5.92 Å². The summed E-state index contributed by atoms with van der Waals surface area (Å²) in [5.41, 5.74) is 1.61. The van der Waals surface area contributed by atoms with Crippen LogP contribution in [0.2, 0.25) is 0 Å². The lowest BCUT2D eigenvalue weighted by atomic mass is 9.97. The third-order valence-electron chi connectivity index (χ3n) is 2.83. The van der Waals surface area contributed by atoms with Crippen molar-refractivity contribution in [1.82, 2.24) is 4.98 Å². The van der Waals surface area contributed by atoms with Crippen LogP contribution >= 0.6 is 0 Å². The second-order valence-corrected chi connectivity index (χ2v) is 3.74. The number of nitriles is 1. The van der Waals surface area contributed by atoms with Gasteiger partial charge in [0.1, 0.15) is 18.3 Å². The van der Waals surface area contributed by atoms with E-state index >= 15 is 0 Å². The molecule has 78 valence electrons. The lowest BCUT2D eigenvalue weighted by Crippen LogP contribution is -2.16. The van der Waals surface area contributed by atoms with Crippen LogP contribution in [-0.4, -0.2) is 17.4 Å². The van der Waals surface area contributed by atoms with Gasteiger partial charge in [0.15, 0.2) is 5.78 Å². The van der Waals surface area contributed by atoms with Gasteiger partial charge in [-0.15, -0.1) is 0 Å². The average Bonchev–Trinajstić information content (AvgIpc) is 2.66. The highest BCUT2D eigenvalue weighted by molar-refractivity contribution is 5.99. The van der Waals surface area contributed by atoms with Crippen molar-refractivity contribution >= 4 is 16.7 Å². The molecule has 2 heterocycles. The molecule has 0 fully saturated rings. The van der Waals surface area contributed by atoms with Crippen molar-refractivity contribution in [2.24, 2.45) is 0 Å². The molecule has 4 nitrogen and oxygen atoms in total. The molecular weight excluding hydrogens is 204 g/mol. The van der Waals surface area contributed by atoms with Gasteiger partial charge in [0.05, 0.1) is 6.07 Å². The number of H-pyrrole nitrogens is 1. The predicted molar refractivity (Wildman–Crippen MR) is 57.2 cm³/mol. The fourth-order valence-corrected chi connectivity index (χ4v) is 2.07. The smallest absolute Gasteiger partial charge is 0.191 e. The van der Waals surface area contributed by atoms with Crippen LogP contribution in [0.1, 0.15) is 11.5 Å². The van der Waals surface area contributed by atoms with E-state index in [0.29, 0.717) is 5.75 Å². The molecule has 1 aliphatic rings. The van der Waals surface area contributed by atoms with Gasteiger partial charge in [-0.1, -0.05) is 6.07 Å². The third kappa shape index (κ3) is 1.06. The first-order valence-electron chi connectivity index (χ1n) is 4.96. The Morgan fingerprint density at radius 3 is 3.19 bits per heavy atom. The van der Waals surface area contributed by atoms with Crippen molar-refractivity contribution in [2.75, 3.05) is 6.61 Å². The summed E-state index contributed by atoms with van der Waals surface area (Å²) >= 11 is 0. The quantitative estimate of drug-likeness (QED) is 0.723. The van der Waals surface area contributed by atoms with E-state index in [4.69, 9.17) is 10.00 Å². The summed E-state index contributed by atoms with van der Waals surface area (Å²) in [5, 5.41) is 9.89. The van der Waals surface area contributed by atoms with Gasteiger partial charge in [0.25, 0.3) is 0 Å². The van der Waals surface area contributed by atoms with Crippen LogP contribution in [0.3, 0.4) is 0 Å². The van der Waals surface area contributed by atoms with Crippen LogP contribution < -0.4 is 4.74 Å². The van der Waals surface area contributed by atoms with E-state index in [0.717, 1.165) is 16.5 Å². The number of nitrogens with zero attached hydrogens (tertiary/aromatic N) is 1. The molecule has 0 bridgehead atoms. The van der Waals surface area contributed by atoms with Crippen LogP contribution in [-0.2, 0) is 4.79 Å². The average molecular weight is 212 g/mol. The van der Waals surface area contributed by atoms with Crippen molar-refractivity contribution in [2.45, 2.75) is 5.92 Å². The first-order valence-corrected chi connectivity index (χ1v) is 4.96. The summed E-state index contributed by atoms with van der Waals surface area (Å²) in [6.45, 7) is -0.0357. The minimum Gasteiger partial charge on any atom is -0.485 e. The first-order chi connectivity index (χ1) is 7.81. The van der Waals surface area contributed by atoms with Gasteiger partial charge in [-0.3, -0.25) is 4.79 Å². The molecule has 2 aromatic rings. The molecule has 16 heavy (non-hydrogen) atoms. The number of nitrogens with one attached hydrogen (secondary N) is 1. The maximum atomic E-state index is 11.7. The fraction of sp³-hybridized carbons (Fsp3) is 0.167. The van der Waals surface area contributed by atoms with Crippen molar-refractivity contribution in [3.05, 3.63) is 30.0 Å². The Balaban J connectivity index is 2.37.